The fourth-order valence-electron chi connectivity index (χ4n) is 3.55. The summed E-state index contributed by atoms with van der Waals surface area (Å²) in [5, 5.41) is 0.254. The van der Waals surface area contributed by atoms with Gasteiger partial charge in [0.25, 0.3) is 5.91 Å². The van der Waals surface area contributed by atoms with E-state index in [-0.39, 0.29) is 29.5 Å². The highest BCUT2D eigenvalue weighted by Crippen LogP contribution is 2.37. The molecule has 8 heteroatoms. The second-order valence-corrected chi connectivity index (χ2v) is 7.84. The molecule has 3 aromatic carbocycles. The Labute approximate surface area is 196 Å². The highest BCUT2D eigenvalue weighted by molar-refractivity contribution is 6.32. The van der Waals surface area contributed by atoms with Crippen LogP contribution in [0.3, 0.4) is 0 Å². The van der Waals surface area contributed by atoms with Gasteiger partial charge in [-0.25, -0.2) is 0 Å². The fraction of sp³-hybridized carbons (Fsp3) is 0.200. The standard InChI is InChI=1S/C25H22ClNO6/c1-15-17(3-2-4-19(15)16-5-6-21-24(10-16)31-8-7-30-21)13-32-23-11-22(33-14-25(27)29)18(12-28)9-20(23)26/h2-6,9-12H,7-8,13-14H2,1H3,(H2,27,29). The Bertz CT molecular complexity index is 1210. The molecule has 1 amide bonds. The van der Waals surface area contributed by atoms with E-state index in [1.54, 1.807) is 0 Å². The third-order valence-corrected chi connectivity index (χ3v) is 5.54. The number of aldehydes is 1. The molecule has 0 aliphatic carbocycles. The Hall–Kier alpha value is -3.71. The maximum atomic E-state index is 11.3. The summed E-state index contributed by atoms with van der Waals surface area (Å²) < 4.78 is 22.6. The second kappa shape index (κ2) is 9.83. The molecule has 1 aliphatic heterocycles. The van der Waals surface area contributed by atoms with Crippen LogP contribution in [0.5, 0.6) is 23.0 Å². The Morgan fingerprint density at radius 1 is 1.06 bits per heavy atom. The molecule has 0 unspecified atom stereocenters. The summed E-state index contributed by atoms with van der Waals surface area (Å²) in [6.45, 7) is 2.96. The van der Waals surface area contributed by atoms with Gasteiger partial charge in [0, 0.05) is 6.07 Å². The minimum atomic E-state index is -0.657. The first kappa shape index (κ1) is 22.5. The van der Waals surface area contributed by atoms with Crippen molar-refractivity contribution < 1.29 is 28.5 Å². The molecule has 0 atom stereocenters. The lowest BCUT2D eigenvalue weighted by atomic mass is 9.96. The summed E-state index contributed by atoms with van der Waals surface area (Å²) in [5.74, 6) is 1.31. The van der Waals surface area contributed by atoms with E-state index >= 15 is 0 Å². The van der Waals surface area contributed by atoms with Gasteiger partial charge in [-0.2, -0.15) is 0 Å². The molecular formula is C25H22ClNO6. The van der Waals surface area contributed by atoms with Gasteiger partial charge in [0.05, 0.1) is 10.6 Å². The number of rotatable bonds is 8. The summed E-state index contributed by atoms with van der Waals surface area (Å²) in [5.41, 5.74) is 9.37. The number of nitrogens with two attached hydrogens (primary N) is 1. The average molecular weight is 468 g/mol. The molecule has 0 saturated carbocycles. The predicted molar refractivity (Wildman–Crippen MR) is 123 cm³/mol. The van der Waals surface area contributed by atoms with Crippen molar-refractivity contribution in [2.75, 3.05) is 19.8 Å². The van der Waals surface area contributed by atoms with Crippen LogP contribution in [0.15, 0.2) is 48.5 Å². The van der Waals surface area contributed by atoms with E-state index in [2.05, 4.69) is 0 Å². The number of ether oxygens (including phenoxy) is 4. The van der Waals surface area contributed by atoms with Crippen molar-refractivity contribution in [3.05, 3.63) is 70.2 Å². The van der Waals surface area contributed by atoms with Gasteiger partial charge in [-0.3, -0.25) is 9.59 Å². The summed E-state index contributed by atoms with van der Waals surface area (Å²) in [6.07, 6.45) is 0.590. The summed E-state index contributed by atoms with van der Waals surface area (Å²) >= 11 is 6.29. The molecule has 0 bridgehead atoms. The van der Waals surface area contributed by atoms with Crippen molar-refractivity contribution >= 4 is 23.8 Å². The minimum Gasteiger partial charge on any atom is -0.487 e. The first-order chi connectivity index (χ1) is 16.0. The van der Waals surface area contributed by atoms with Crippen LogP contribution in [0.2, 0.25) is 5.02 Å². The lowest BCUT2D eigenvalue weighted by Gasteiger charge is -2.20. The smallest absolute Gasteiger partial charge is 0.255 e. The monoisotopic (exact) mass is 467 g/mol. The van der Waals surface area contributed by atoms with Crippen LogP contribution in [0, 0.1) is 6.92 Å². The molecule has 170 valence electrons. The fourth-order valence-corrected chi connectivity index (χ4v) is 3.77. The molecule has 7 nitrogen and oxygen atoms in total. The summed E-state index contributed by atoms with van der Waals surface area (Å²) in [7, 11) is 0. The molecule has 1 heterocycles. The van der Waals surface area contributed by atoms with Gasteiger partial charge < -0.3 is 24.7 Å². The van der Waals surface area contributed by atoms with Crippen LogP contribution < -0.4 is 24.7 Å². The lowest BCUT2D eigenvalue weighted by molar-refractivity contribution is -0.119. The Morgan fingerprint density at radius 3 is 2.61 bits per heavy atom. The second-order valence-electron chi connectivity index (χ2n) is 7.43. The zero-order valence-electron chi connectivity index (χ0n) is 17.9. The third kappa shape index (κ3) is 5.04. The zero-order chi connectivity index (χ0) is 23.4. The van der Waals surface area contributed by atoms with Crippen LogP contribution in [0.4, 0.5) is 0 Å². The molecule has 0 fully saturated rings. The topological polar surface area (TPSA) is 97.1 Å². The van der Waals surface area contributed by atoms with Crippen molar-refractivity contribution in [2.24, 2.45) is 5.73 Å². The molecule has 1 aliphatic rings. The molecule has 0 saturated heterocycles. The van der Waals surface area contributed by atoms with Gasteiger partial charge in [-0.15, -0.1) is 0 Å². The SMILES string of the molecule is Cc1c(COc2cc(OCC(N)=O)c(C=O)cc2Cl)cccc1-c1ccc2c(c1)OCCO2. The molecule has 33 heavy (non-hydrogen) atoms. The Morgan fingerprint density at radius 2 is 1.85 bits per heavy atom. The highest BCUT2D eigenvalue weighted by Gasteiger charge is 2.16. The predicted octanol–water partition coefficient (Wildman–Crippen LogP) is 4.34. The number of fused-ring (bicyclic) bond motifs is 1. The zero-order valence-corrected chi connectivity index (χ0v) is 18.7. The molecule has 0 radical (unpaired) electrons. The maximum Gasteiger partial charge on any atom is 0.255 e. The number of hydrogen-bond acceptors (Lipinski definition) is 6. The highest BCUT2D eigenvalue weighted by atomic mass is 35.5. The van der Waals surface area contributed by atoms with E-state index in [1.165, 1.54) is 12.1 Å². The van der Waals surface area contributed by atoms with Crippen LogP contribution in [-0.4, -0.2) is 32.0 Å². The number of carbonyl (C=O) groups is 2. The molecule has 2 N–H and O–H groups in total. The van der Waals surface area contributed by atoms with E-state index in [0.29, 0.717) is 25.2 Å². The summed E-state index contributed by atoms with van der Waals surface area (Å²) in [6, 6.07) is 14.7. The summed E-state index contributed by atoms with van der Waals surface area (Å²) in [4.78, 5) is 22.3. The number of carbonyl (C=O) groups excluding carboxylic acids is 2. The van der Waals surface area contributed by atoms with Gasteiger partial charge in [-0.1, -0.05) is 35.9 Å². The van der Waals surface area contributed by atoms with Crippen LogP contribution in [0.25, 0.3) is 11.1 Å². The van der Waals surface area contributed by atoms with Crippen molar-refractivity contribution in [3.8, 4) is 34.1 Å². The average Bonchev–Trinajstić information content (AvgIpc) is 2.82. The number of benzene rings is 3. The van der Waals surface area contributed by atoms with Crippen molar-refractivity contribution in [1.82, 2.24) is 0 Å². The number of hydrogen-bond donors (Lipinski definition) is 1. The van der Waals surface area contributed by atoms with Crippen molar-refractivity contribution in [1.29, 1.82) is 0 Å². The van der Waals surface area contributed by atoms with Crippen molar-refractivity contribution in [2.45, 2.75) is 13.5 Å². The first-order valence-corrected chi connectivity index (χ1v) is 10.6. The van der Waals surface area contributed by atoms with E-state index < -0.39 is 5.91 Å². The molecule has 3 aromatic rings. The quantitative estimate of drug-likeness (QED) is 0.495. The Balaban J connectivity index is 1.56. The van der Waals surface area contributed by atoms with Gasteiger partial charge in [0.15, 0.2) is 24.4 Å². The van der Waals surface area contributed by atoms with Crippen LogP contribution >= 0.6 is 11.6 Å². The normalized spacial score (nSPS) is 12.2. The van der Waals surface area contributed by atoms with Gasteiger partial charge >= 0.3 is 0 Å². The minimum absolute atomic E-state index is 0.171. The number of primary amides is 1. The van der Waals surface area contributed by atoms with Gasteiger partial charge in [0.1, 0.15) is 31.3 Å². The number of halogens is 1. The first-order valence-electron chi connectivity index (χ1n) is 10.3. The molecule has 0 aromatic heterocycles. The number of amides is 1. The lowest BCUT2D eigenvalue weighted by Crippen LogP contribution is -2.20. The third-order valence-electron chi connectivity index (χ3n) is 5.24. The van der Waals surface area contributed by atoms with Crippen molar-refractivity contribution in [3.63, 3.8) is 0 Å². The molecule has 0 spiro atoms. The van der Waals surface area contributed by atoms with E-state index in [1.807, 2.05) is 43.3 Å². The Kier molecular flexibility index (Phi) is 6.70. The largest absolute Gasteiger partial charge is 0.487 e. The molecule has 4 rings (SSSR count). The van der Waals surface area contributed by atoms with E-state index in [0.717, 1.165) is 33.8 Å². The van der Waals surface area contributed by atoms with Crippen LogP contribution in [-0.2, 0) is 11.4 Å². The maximum absolute atomic E-state index is 11.3. The molecular weight excluding hydrogens is 446 g/mol. The van der Waals surface area contributed by atoms with Gasteiger partial charge in [0.2, 0.25) is 0 Å². The van der Waals surface area contributed by atoms with Crippen LogP contribution in [0.1, 0.15) is 21.5 Å². The van der Waals surface area contributed by atoms with E-state index in [9.17, 15) is 9.59 Å². The van der Waals surface area contributed by atoms with E-state index in [4.69, 9.17) is 36.3 Å². The van der Waals surface area contributed by atoms with Gasteiger partial charge in [-0.05, 0) is 47.4 Å².